The Bertz CT molecular complexity index is 1250. The maximum absolute atomic E-state index is 13.9. The first-order valence-corrected chi connectivity index (χ1v) is 10.6. The normalized spacial score (nSPS) is 23.3. The van der Waals surface area contributed by atoms with Crippen molar-refractivity contribution >= 4 is 11.8 Å². The highest BCUT2D eigenvalue weighted by atomic mass is 19.1. The lowest BCUT2D eigenvalue weighted by atomic mass is 9.88. The molecule has 3 N–H and O–H groups in total. The van der Waals surface area contributed by atoms with Gasteiger partial charge in [-0.3, -0.25) is 14.4 Å². The van der Waals surface area contributed by atoms with Crippen molar-refractivity contribution in [2.75, 3.05) is 13.1 Å². The third kappa shape index (κ3) is 3.05. The lowest BCUT2D eigenvalue weighted by molar-refractivity contribution is 0.0549. The molecule has 1 spiro atoms. The first kappa shape index (κ1) is 21.5. The summed E-state index contributed by atoms with van der Waals surface area (Å²) in [5.74, 6) is -6.10. The molecule has 0 unspecified atom stereocenters. The molecule has 2 atom stereocenters. The van der Waals surface area contributed by atoms with E-state index in [2.05, 4.69) is 5.32 Å². The van der Waals surface area contributed by atoms with Crippen LogP contribution in [0, 0.1) is 17.5 Å². The van der Waals surface area contributed by atoms with E-state index in [-0.39, 0.29) is 24.4 Å². The van der Waals surface area contributed by atoms with Crippen molar-refractivity contribution in [1.82, 2.24) is 14.8 Å². The standard InChI is InChI=1S/C22H20F3N3O5/c23-10-5-12(24)11(13(25)6-10)8-26-20(32)15-16-14(29)7-22-3-1-2-4-27(9-22)21(33)17(28(16)22)19(31)18(15)30/h5-6,14,29,31H,1-4,7-9H2,(H,26,32)/t14-,22+/m1/s1. The number of pyridine rings is 1. The molecule has 4 heterocycles. The third-order valence-electron chi connectivity index (χ3n) is 6.80. The molecule has 3 aliphatic heterocycles. The zero-order chi connectivity index (χ0) is 23.7. The van der Waals surface area contributed by atoms with Gasteiger partial charge in [0.2, 0.25) is 5.43 Å². The molecule has 0 aliphatic carbocycles. The number of nitrogens with zero attached hydrogens (tertiary/aromatic N) is 2. The molecule has 2 bridgehead atoms. The van der Waals surface area contributed by atoms with Gasteiger partial charge < -0.3 is 25.0 Å². The number of aliphatic hydroxyl groups is 1. The predicted octanol–water partition coefficient (Wildman–Crippen LogP) is 1.67. The van der Waals surface area contributed by atoms with E-state index < -0.39 is 69.8 Å². The fraction of sp³-hybridized carbons (Fsp3) is 0.409. The van der Waals surface area contributed by atoms with Crippen LogP contribution in [-0.2, 0) is 12.1 Å². The molecule has 0 saturated carbocycles. The van der Waals surface area contributed by atoms with E-state index >= 15 is 0 Å². The number of aromatic hydroxyl groups is 1. The fourth-order valence-corrected chi connectivity index (χ4v) is 5.39. The van der Waals surface area contributed by atoms with Crippen molar-refractivity contribution in [3.05, 3.63) is 62.3 Å². The number of hydrogen-bond acceptors (Lipinski definition) is 5. The number of aromatic nitrogens is 1. The first-order valence-electron chi connectivity index (χ1n) is 10.6. The fourth-order valence-electron chi connectivity index (χ4n) is 5.39. The zero-order valence-electron chi connectivity index (χ0n) is 17.3. The summed E-state index contributed by atoms with van der Waals surface area (Å²) in [6, 6.07) is 0.918. The van der Waals surface area contributed by atoms with Crippen molar-refractivity contribution < 1.29 is 33.0 Å². The number of fused-ring (bicyclic) bond motifs is 1. The van der Waals surface area contributed by atoms with Gasteiger partial charge in [0.25, 0.3) is 11.8 Å². The lowest BCUT2D eigenvalue weighted by Crippen LogP contribution is -2.52. The lowest BCUT2D eigenvalue weighted by Gasteiger charge is -2.41. The SMILES string of the molecule is O=C(NCc1c(F)cc(F)cc1F)c1c2n3c(c(O)c1=O)C(=O)N1CCCC[C@]3(C[C@H]2O)C1. The summed E-state index contributed by atoms with van der Waals surface area (Å²) in [5, 5.41) is 23.7. The van der Waals surface area contributed by atoms with Gasteiger partial charge in [-0.15, -0.1) is 0 Å². The Kier molecular flexibility index (Phi) is 4.78. The summed E-state index contributed by atoms with van der Waals surface area (Å²) < 4.78 is 42.5. The Hall–Kier alpha value is -3.34. The van der Waals surface area contributed by atoms with Crippen LogP contribution in [0.25, 0.3) is 0 Å². The summed E-state index contributed by atoms with van der Waals surface area (Å²) in [6.45, 7) is 0.0288. The number of amides is 2. The van der Waals surface area contributed by atoms with Crippen LogP contribution in [-0.4, -0.2) is 44.6 Å². The Balaban J connectivity index is 1.61. The predicted molar refractivity (Wildman–Crippen MR) is 107 cm³/mol. The maximum Gasteiger partial charge on any atom is 0.274 e. The van der Waals surface area contributed by atoms with Gasteiger partial charge in [-0.25, -0.2) is 13.2 Å². The largest absolute Gasteiger partial charge is 0.503 e. The molecule has 11 heteroatoms. The molecule has 1 aromatic carbocycles. The second-order valence-corrected chi connectivity index (χ2v) is 8.78. The number of rotatable bonds is 3. The molecule has 8 nitrogen and oxygen atoms in total. The van der Waals surface area contributed by atoms with Crippen LogP contribution in [0.2, 0.25) is 0 Å². The van der Waals surface area contributed by atoms with Gasteiger partial charge in [0.05, 0.1) is 17.3 Å². The monoisotopic (exact) mass is 463 g/mol. The molecular formula is C22H20F3N3O5. The first-order chi connectivity index (χ1) is 15.6. The zero-order valence-corrected chi connectivity index (χ0v) is 17.3. The number of aliphatic hydroxyl groups excluding tert-OH is 1. The van der Waals surface area contributed by atoms with Gasteiger partial charge in [0, 0.05) is 43.8 Å². The van der Waals surface area contributed by atoms with Crippen molar-refractivity contribution in [2.24, 2.45) is 0 Å². The molecule has 33 heavy (non-hydrogen) atoms. The number of nitrogens with one attached hydrogen (secondary N) is 1. The van der Waals surface area contributed by atoms with Crippen LogP contribution in [0.5, 0.6) is 5.75 Å². The van der Waals surface area contributed by atoms with Gasteiger partial charge in [0.15, 0.2) is 11.4 Å². The molecule has 1 aromatic heterocycles. The molecule has 1 saturated heterocycles. The number of benzene rings is 1. The van der Waals surface area contributed by atoms with Crippen molar-refractivity contribution in [3.8, 4) is 5.75 Å². The van der Waals surface area contributed by atoms with Gasteiger partial charge in [-0.05, 0) is 19.3 Å². The van der Waals surface area contributed by atoms with Crippen LogP contribution in [0.1, 0.15) is 63.9 Å². The summed E-state index contributed by atoms with van der Waals surface area (Å²) in [7, 11) is 0. The minimum absolute atomic E-state index is 0.0970. The topological polar surface area (TPSA) is 112 Å². The van der Waals surface area contributed by atoms with Crippen molar-refractivity contribution in [2.45, 2.75) is 43.9 Å². The summed E-state index contributed by atoms with van der Waals surface area (Å²) in [4.78, 5) is 40.5. The van der Waals surface area contributed by atoms with Crippen molar-refractivity contribution in [1.29, 1.82) is 0 Å². The van der Waals surface area contributed by atoms with E-state index in [1.165, 1.54) is 4.57 Å². The van der Waals surface area contributed by atoms with Gasteiger partial charge >= 0.3 is 0 Å². The second kappa shape index (κ2) is 7.34. The third-order valence-corrected chi connectivity index (χ3v) is 6.80. The number of carbonyl (C=O) groups is 2. The van der Waals surface area contributed by atoms with Crippen LogP contribution in [0.4, 0.5) is 13.2 Å². The molecule has 2 amide bonds. The molecule has 174 valence electrons. The summed E-state index contributed by atoms with van der Waals surface area (Å²) in [5.41, 5.74) is -3.49. The van der Waals surface area contributed by atoms with E-state index in [1.54, 1.807) is 4.90 Å². The average molecular weight is 463 g/mol. The summed E-state index contributed by atoms with van der Waals surface area (Å²) >= 11 is 0. The van der Waals surface area contributed by atoms with Gasteiger partial charge in [-0.1, -0.05) is 0 Å². The number of carbonyl (C=O) groups excluding carboxylic acids is 2. The second-order valence-electron chi connectivity index (χ2n) is 8.78. The van der Waals surface area contributed by atoms with Crippen LogP contribution >= 0.6 is 0 Å². The molecule has 5 rings (SSSR count). The molecule has 0 radical (unpaired) electrons. The van der Waals surface area contributed by atoms with E-state index in [0.717, 1.165) is 12.8 Å². The highest BCUT2D eigenvalue weighted by Crippen LogP contribution is 2.49. The van der Waals surface area contributed by atoms with Crippen LogP contribution < -0.4 is 10.7 Å². The maximum atomic E-state index is 13.9. The van der Waals surface area contributed by atoms with E-state index in [0.29, 0.717) is 25.1 Å². The molecule has 3 aliphatic rings. The van der Waals surface area contributed by atoms with Crippen molar-refractivity contribution in [3.63, 3.8) is 0 Å². The highest BCUT2D eigenvalue weighted by Gasteiger charge is 2.53. The van der Waals surface area contributed by atoms with Crippen LogP contribution in [0.3, 0.4) is 0 Å². The Morgan fingerprint density at radius 1 is 1.18 bits per heavy atom. The highest BCUT2D eigenvalue weighted by molar-refractivity contribution is 6.00. The Morgan fingerprint density at radius 3 is 2.58 bits per heavy atom. The molecule has 1 fully saturated rings. The number of hydrogen-bond donors (Lipinski definition) is 3. The molecular weight excluding hydrogens is 443 g/mol. The van der Waals surface area contributed by atoms with Crippen LogP contribution in [0.15, 0.2) is 16.9 Å². The quantitative estimate of drug-likeness (QED) is 0.641. The van der Waals surface area contributed by atoms with Gasteiger partial charge in [0.1, 0.15) is 23.0 Å². The summed E-state index contributed by atoms with van der Waals surface area (Å²) in [6.07, 6.45) is 0.924. The van der Waals surface area contributed by atoms with Gasteiger partial charge in [-0.2, -0.15) is 0 Å². The molecule has 2 aromatic rings. The van der Waals surface area contributed by atoms with E-state index in [9.17, 15) is 37.8 Å². The minimum atomic E-state index is -1.26. The number of halogens is 3. The average Bonchev–Trinajstić information content (AvgIpc) is 2.90. The Morgan fingerprint density at radius 2 is 1.88 bits per heavy atom. The van der Waals surface area contributed by atoms with E-state index in [1.807, 2.05) is 0 Å². The smallest absolute Gasteiger partial charge is 0.274 e. The minimum Gasteiger partial charge on any atom is -0.503 e. The van der Waals surface area contributed by atoms with E-state index in [4.69, 9.17) is 0 Å². The Labute approximate surface area is 185 Å².